The van der Waals surface area contributed by atoms with Gasteiger partial charge in [0.25, 0.3) is 5.91 Å². The molecule has 1 rings (SSSR count). The maximum atomic E-state index is 13.0. The number of nitrogens with zero attached hydrogens (tertiary/aromatic N) is 3. The summed E-state index contributed by atoms with van der Waals surface area (Å²) < 4.78 is 34.6. The van der Waals surface area contributed by atoms with Crippen LogP contribution in [0.2, 0.25) is 0 Å². The molecule has 0 bridgehead atoms. The number of thioether (sulfide) groups is 1. The van der Waals surface area contributed by atoms with Gasteiger partial charge in [-0.25, -0.2) is 4.68 Å². The fourth-order valence-electron chi connectivity index (χ4n) is 5.54. The smallest absolute Gasteiger partial charge is 0.303 e. The molecule has 57 heavy (non-hydrogen) atoms. The lowest BCUT2D eigenvalue weighted by molar-refractivity contribution is -0.137. The van der Waals surface area contributed by atoms with Crippen molar-refractivity contribution in [1.29, 1.82) is 0 Å². The normalized spacial score (nSPS) is 11.5. The number of carboxylic acids is 3. The van der Waals surface area contributed by atoms with Gasteiger partial charge in [0.1, 0.15) is 0 Å². The van der Waals surface area contributed by atoms with Crippen molar-refractivity contribution in [3.05, 3.63) is 11.9 Å². The van der Waals surface area contributed by atoms with Crippen molar-refractivity contribution in [2.24, 2.45) is 0 Å². The number of unbranched alkanes of at least 4 members (excludes halogenated alkanes) is 8. The molecule has 1 heterocycles. The first kappa shape index (κ1) is 51.8. The highest BCUT2D eigenvalue weighted by atomic mass is 32.2. The van der Waals surface area contributed by atoms with Crippen molar-refractivity contribution in [3.63, 3.8) is 0 Å². The van der Waals surface area contributed by atoms with Gasteiger partial charge in [-0.05, 0) is 32.1 Å². The maximum absolute atomic E-state index is 13.0. The lowest BCUT2D eigenvalue weighted by atomic mass is 9.83. The minimum atomic E-state index is -1.37. The molecule has 0 aromatic carbocycles. The van der Waals surface area contributed by atoms with E-state index >= 15 is 0 Å². The topological polar surface area (TPSA) is 244 Å². The Kier molecular flexibility index (Phi) is 31.6. The van der Waals surface area contributed by atoms with E-state index in [0.29, 0.717) is 66.1 Å². The maximum Gasteiger partial charge on any atom is 0.303 e. The van der Waals surface area contributed by atoms with E-state index in [1.807, 2.05) is 0 Å². The third-order valence-electron chi connectivity index (χ3n) is 8.67. The van der Waals surface area contributed by atoms with Gasteiger partial charge in [0.05, 0.1) is 85.4 Å². The van der Waals surface area contributed by atoms with Crippen LogP contribution in [-0.2, 0) is 54.1 Å². The van der Waals surface area contributed by atoms with Crippen LogP contribution in [0.4, 0.5) is 0 Å². The van der Waals surface area contributed by atoms with Crippen molar-refractivity contribution < 1.29 is 67.7 Å². The third kappa shape index (κ3) is 31.5. The first-order chi connectivity index (χ1) is 27.5. The molecule has 0 aliphatic carbocycles. The number of ether oxygens (including phenoxy) is 6. The average Bonchev–Trinajstić information content (AvgIpc) is 3.65. The van der Waals surface area contributed by atoms with Crippen molar-refractivity contribution >= 4 is 40.7 Å². The van der Waals surface area contributed by atoms with E-state index in [9.17, 15) is 24.0 Å². The van der Waals surface area contributed by atoms with Gasteiger partial charge in [0.15, 0.2) is 10.8 Å². The number of aliphatic carboxylic acids is 3. The van der Waals surface area contributed by atoms with Crippen LogP contribution < -0.4 is 5.32 Å². The Morgan fingerprint density at radius 3 is 1.40 bits per heavy atom. The number of rotatable bonds is 41. The summed E-state index contributed by atoms with van der Waals surface area (Å²) in [5.41, 5.74) is -1.46. The summed E-state index contributed by atoms with van der Waals surface area (Å²) in [6.07, 6.45) is 10.7. The Morgan fingerprint density at radius 1 is 0.596 bits per heavy atom. The Balaban J connectivity index is 1.99. The molecule has 1 aromatic rings. The molecule has 0 fully saturated rings. The molecular weight excluding hydrogens is 768 g/mol. The largest absolute Gasteiger partial charge is 0.481 e. The summed E-state index contributed by atoms with van der Waals surface area (Å²) in [5.74, 6) is -3.25. The fraction of sp³-hybridized carbons (Fsp3) is 0.816. The Labute approximate surface area is 340 Å². The predicted molar refractivity (Wildman–Crippen MR) is 210 cm³/mol. The second kappa shape index (κ2) is 34.8. The number of hydrogen-bond donors (Lipinski definition) is 4. The van der Waals surface area contributed by atoms with Gasteiger partial charge in [0.2, 0.25) is 0 Å². The molecule has 19 heteroatoms. The van der Waals surface area contributed by atoms with Crippen LogP contribution >= 0.6 is 11.8 Å². The first-order valence-corrected chi connectivity index (χ1v) is 21.0. The molecule has 4 N–H and O–H groups in total. The van der Waals surface area contributed by atoms with Crippen molar-refractivity contribution in [2.75, 3.05) is 85.0 Å². The van der Waals surface area contributed by atoms with E-state index in [0.717, 1.165) is 25.2 Å². The number of carbonyl (C=O) groups is 5. The van der Waals surface area contributed by atoms with Crippen LogP contribution in [0.5, 0.6) is 0 Å². The molecule has 0 atom stereocenters. The van der Waals surface area contributed by atoms with Crippen LogP contribution in [0, 0.1) is 0 Å². The second-order valence-corrected chi connectivity index (χ2v) is 14.8. The van der Waals surface area contributed by atoms with E-state index < -0.39 is 48.6 Å². The van der Waals surface area contributed by atoms with Gasteiger partial charge in [-0.15, -0.1) is 5.10 Å². The van der Waals surface area contributed by atoms with E-state index in [-0.39, 0.29) is 43.2 Å². The minimum Gasteiger partial charge on any atom is -0.481 e. The lowest BCUT2D eigenvalue weighted by Gasteiger charge is -2.34. The molecule has 0 aliphatic rings. The van der Waals surface area contributed by atoms with E-state index in [2.05, 4.69) is 15.6 Å². The summed E-state index contributed by atoms with van der Waals surface area (Å²) in [4.78, 5) is 57.5. The van der Waals surface area contributed by atoms with Crippen molar-refractivity contribution in [1.82, 2.24) is 20.3 Å². The van der Waals surface area contributed by atoms with E-state index in [4.69, 9.17) is 43.7 Å². The van der Waals surface area contributed by atoms with Gasteiger partial charge >= 0.3 is 17.9 Å². The van der Waals surface area contributed by atoms with E-state index in [1.165, 1.54) is 67.6 Å². The molecule has 18 nitrogen and oxygen atoms in total. The highest BCUT2D eigenvalue weighted by Crippen LogP contribution is 2.26. The highest BCUT2D eigenvalue weighted by Gasteiger charge is 2.34. The zero-order valence-electron chi connectivity index (χ0n) is 33.7. The standard InChI is InChI=1S/C38H66N4O14S/c1-32(43)57-30-10-8-6-4-2-3-5-7-9-18-51-20-22-53-24-26-55-28-29-56-27-25-54-23-21-52-19-17-42-31-33(40-41-42)37(50)39-38(14-11-34(44)45,15-12-35(46)47)16-13-36(48)49/h31H,2-30H2,1H3,(H,39,50)(H,44,45)(H,46,47)(H,48,49). The van der Waals surface area contributed by atoms with Gasteiger partial charge in [0, 0.05) is 44.1 Å². The minimum absolute atomic E-state index is 0.0899. The molecule has 1 amide bonds. The van der Waals surface area contributed by atoms with Gasteiger partial charge in [-0.2, -0.15) is 0 Å². The molecule has 328 valence electrons. The molecular formula is C38H66N4O14S. The Morgan fingerprint density at radius 2 is 0.982 bits per heavy atom. The summed E-state index contributed by atoms with van der Waals surface area (Å²) in [7, 11) is 0. The highest BCUT2D eigenvalue weighted by molar-refractivity contribution is 8.13. The van der Waals surface area contributed by atoms with Crippen LogP contribution in [0.25, 0.3) is 0 Å². The summed E-state index contributed by atoms with van der Waals surface area (Å²) in [6.45, 7) is 7.40. The number of aromatic nitrogens is 3. The van der Waals surface area contributed by atoms with Crippen LogP contribution in [-0.4, -0.2) is 150 Å². The zero-order valence-corrected chi connectivity index (χ0v) is 34.5. The molecule has 0 aliphatic heterocycles. The Bertz CT molecular complexity index is 1190. The average molecular weight is 835 g/mol. The first-order valence-electron chi connectivity index (χ1n) is 20.0. The summed E-state index contributed by atoms with van der Waals surface area (Å²) in [5, 5.41) is 38.1. The molecule has 0 saturated carbocycles. The summed E-state index contributed by atoms with van der Waals surface area (Å²) in [6, 6.07) is 0. The predicted octanol–water partition coefficient (Wildman–Crippen LogP) is 4.23. The number of nitrogens with one attached hydrogen (secondary N) is 1. The lowest BCUT2D eigenvalue weighted by Crippen LogP contribution is -2.49. The number of carboxylic acid groups (broad SMARTS) is 3. The molecule has 1 aromatic heterocycles. The SMILES string of the molecule is CC(=O)SCCCCCCCCCCCOCCOCCOCCOCCOCCOCCn1cc(C(=O)NC(CCC(=O)O)(CCC(=O)O)CCC(=O)O)nn1. The molecule has 0 radical (unpaired) electrons. The third-order valence-corrected chi connectivity index (χ3v) is 9.56. The van der Waals surface area contributed by atoms with Gasteiger partial charge in [-0.3, -0.25) is 24.0 Å². The summed E-state index contributed by atoms with van der Waals surface area (Å²) >= 11 is 1.43. The monoisotopic (exact) mass is 834 g/mol. The molecule has 0 unspecified atom stereocenters. The van der Waals surface area contributed by atoms with Gasteiger partial charge in [-0.1, -0.05) is 61.9 Å². The van der Waals surface area contributed by atoms with Crippen molar-refractivity contribution in [2.45, 2.75) is 115 Å². The van der Waals surface area contributed by atoms with Crippen LogP contribution in [0.1, 0.15) is 114 Å². The zero-order chi connectivity index (χ0) is 41.8. The number of hydrogen-bond acceptors (Lipinski definition) is 14. The fourth-order valence-corrected chi connectivity index (χ4v) is 6.17. The number of amides is 1. The molecule has 0 spiro atoms. The van der Waals surface area contributed by atoms with E-state index in [1.54, 1.807) is 6.92 Å². The van der Waals surface area contributed by atoms with Crippen LogP contribution in [0.15, 0.2) is 6.20 Å². The number of carbonyl (C=O) groups excluding carboxylic acids is 2. The van der Waals surface area contributed by atoms with Gasteiger partial charge < -0.3 is 49.1 Å². The Hall–Kier alpha value is -3.20. The quantitative estimate of drug-likeness (QED) is 0.0675. The van der Waals surface area contributed by atoms with Crippen molar-refractivity contribution in [3.8, 4) is 0 Å². The molecule has 0 saturated heterocycles. The van der Waals surface area contributed by atoms with Crippen LogP contribution in [0.3, 0.4) is 0 Å². The second-order valence-electron chi connectivity index (χ2n) is 13.5.